The smallest absolute Gasteiger partial charge is 0.226 e. The zero-order valence-electron chi connectivity index (χ0n) is 12.7. The van der Waals surface area contributed by atoms with Gasteiger partial charge in [0, 0.05) is 0 Å². The van der Waals surface area contributed by atoms with Crippen LogP contribution in [0.1, 0.15) is 46.5 Å². The van der Waals surface area contributed by atoms with Crippen LogP contribution in [0.2, 0.25) is 0 Å². The van der Waals surface area contributed by atoms with Crippen LogP contribution < -0.4 is 10.6 Å². The number of quaternary nitrogens is 1. The number of carbonyl (C=O) groups excluding carboxylic acids is 1. The SMILES string of the molecule is CC(C)=CCCC(C)=CC[NH+]1CCC[C@H](C(N)=O)C1. The number of hydrogen-bond donors (Lipinski definition) is 2. The number of nitrogens with one attached hydrogen (secondary N) is 1. The number of amides is 1. The van der Waals surface area contributed by atoms with Gasteiger partial charge in [-0.2, -0.15) is 0 Å². The molecule has 1 heterocycles. The average Bonchev–Trinajstić information content (AvgIpc) is 2.36. The van der Waals surface area contributed by atoms with E-state index in [0.717, 1.165) is 38.8 Å². The van der Waals surface area contributed by atoms with Crippen molar-refractivity contribution in [1.29, 1.82) is 0 Å². The van der Waals surface area contributed by atoms with Crippen molar-refractivity contribution in [3.8, 4) is 0 Å². The van der Waals surface area contributed by atoms with Gasteiger partial charge in [-0.3, -0.25) is 4.79 Å². The molecule has 0 aromatic heterocycles. The first-order valence-electron chi connectivity index (χ1n) is 7.41. The Balaban J connectivity index is 2.34. The van der Waals surface area contributed by atoms with Crippen molar-refractivity contribution in [2.45, 2.75) is 46.5 Å². The van der Waals surface area contributed by atoms with Gasteiger partial charge in [-0.05, 0) is 52.5 Å². The number of rotatable bonds is 6. The van der Waals surface area contributed by atoms with E-state index in [1.807, 2.05) is 0 Å². The molecule has 1 fully saturated rings. The zero-order valence-corrected chi connectivity index (χ0v) is 12.7. The summed E-state index contributed by atoms with van der Waals surface area (Å²) in [5.74, 6) is -0.0374. The maximum absolute atomic E-state index is 11.2. The summed E-state index contributed by atoms with van der Waals surface area (Å²) in [7, 11) is 0. The first-order chi connectivity index (χ1) is 8.99. The van der Waals surface area contributed by atoms with Gasteiger partial charge in [0.25, 0.3) is 0 Å². The predicted octanol–water partition coefficient (Wildman–Crippen LogP) is 1.46. The van der Waals surface area contributed by atoms with Crippen molar-refractivity contribution in [3.05, 3.63) is 23.3 Å². The summed E-state index contributed by atoms with van der Waals surface area (Å²) in [5, 5.41) is 0. The molecule has 1 aliphatic rings. The van der Waals surface area contributed by atoms with Gasteiger partial charge in [0.05, 0.1) is 25.6 Å². The molecular weight excluding hydrogens is 236 g/mol. The third-order valence-corrected chi connectivity index (χ3v) is 3.85. The molecule has 0 aromatic carbocycles. The van der Waals surface area contributed by atoms with Crippen LogP contribution in [0.15, 0.2) is 23.3 Å². The highest BCUT2D eigenvalue weighted by Crippen LogP contribution is 2.07. The molecule has 1 rings (SSSR count). The van der Waals surface area contributed by atoms with E-state index in [4.69, 9.17) is 5.73 Å². The lowest BCUT2D eigenvalue weighted by atomic mass is 9.97. The normalized spacial score (nSPS) is 24.1. The van der Waals surface area contributed by atoms with Crippen LogP contribution in [-0.4, -0.2) is 25.5 Å². The Kier molecular flexibility index (Phi) is 6.85. The van der Waals surface area contributed by atoms with Crippen LogP contribution in [0.5, 0.6) is 0 Å². The van der Waals surface area contributed by atoms with Crippen LogP contribution in [-0.2, 0) is 4.79 Å². The van der Waals surface area contributed by atoms with E-state index in [1.54, 1.807) is 0 Å². The molecule has 0 bridgehead atoms. The minimum absolute atomic E-state index is 0.0862. The van der Waals surface area contributed by atoms with Gasteiger partial charge < -0.3 is 10.6 Å². The van der Waals surface area contributed by atoms with E-state index in [0.29, 0.717) is 0 Å². The number of primary amides is 1. The van der Waals surface area contributed by atoms with Gasteiger partial charge in [-0.1, -0.05) is 17.2 Å². The third kappa shape index (κ3) is 6.58. The van der Waals surface area contributed by atoms with E-state index in [1.165, 1.54) is 22.6 Å². The number of hydrogen-bond acceptors (Lipinski definition) is 1. The molecule has 1 saturated heterocycles. The Bertz CT molecular complexity index is 354. The predicted molar refractivity (Wildman–Crippen MR) is 79.9 cm³/mol. The summed E-state index contributed by atoms with van der Waals surface area (Å²) in [6.45, 7) is 9.59. The van der Waals surface area contributed by atoms with Gasteiger partial charge in [-0.25, -0.2) is 0 Å². The van der Waals surface area contributed by atoms with Crippen molar-refractivity contribution in [3.63, 3.8) is 0 Å². The summed E-state index contributed by atoms with van der Waals surface area (Å²) in [6, 6.07) is 0. The first kappa shape index (κ1) is 16.0. The lowest BCUT2D eigenvalue weighted by Gasteiger charge is -2.27. The number of carbonyl (C=O) groups is 1. The molecule has 108 valence electrons. The minimum Gasteiger partial charge on any atom is -0.369 e. The van der Waals surface area contributed by atoms with Crippen LogP contribution in [0.3, 0.4) is 0 Å². The van der Waals surface area contributed by atoms with Crippen molar-refractivity contribution in [1.82, 2.24) is 0 Å². The molecule has 0 spiro atoms. The molecule has 0 radical (unpaired) electrons. The number of likely N-dealkylation sites (tertiary alicyclic amines) is 1. The summed E-state index contributed by atoms with van der Waals surface area (Å²) in [5.41, 5.74) is 8.24. The van der Waals surface area contributed by atoms with Gasteiger partial charge in [0.15, 0.2) is 0 Å². The van der Waals surface area contributed by atoms with Crippen LogP contribution in [0, 0.1) is 5.92 Å². The van der Waals surface area contributed by atoms with Crippen LogP contribution in [0.4, 0.5) is 0 Å². The molecule has 2 atom stereocenters. The van der Waals surface area contributed by atoms with Gasteiger partial charge in [0.2, 0.25) is 5.91 Å². The minimum atomic E-state index is -0.124. The molecule has 3 N–H and O–H groups in total. The van der Waals surface area contributed by atoms with E-state index in [-0.39, 0.29) is 11.8 Å². The van der Waals surface area contributed by atoms with Gasteiger partial charge in [0.1, 0.15) is 0 Å². The fourth-order valence-electron chi connectivity index (χ4n) is 2.59. The van der Waals surface area contributed by atoms with Crippen molar-refractivity contribution >= 4 is 5.91 Å². The Morgan fingerprint density at radius 1 is 1.32 bits per heavy atom. The monoisotopic (exact) mass is 265 g/mol. The molecule has 0 aromatic rings. The standard InChI is InChI=1S/C16H28N2O/c1-13(2)6-4-7-14(3)9-11-18-10-5-8-15(12-18)16(17)19/h6,9,15H,4-5,7-8,10-12H2,1-3H3,(H2,17,19)/p+1/t15-/m0/s1. The van der Waals surface area contributed by atoms with Crippen molar-refractivity contribution in [2.24, 2.45) is 11.7 Å². The quantitative estimate of drug-likeness (QED) is 0.702. The Morgan fingerprint density at radius 3 is 2.68 bits per heavy atom. The molecular formula is C16H29N2O+. The maximum Gasteiger partial charge on any atom is 0.226 e. The third-order valence-electron chi connectivity index (χ3n) is 3.85. The lowest BCUT2D eigenvalue weighted by Crippen LogP contribution is -3.13. The molecule has 0 saturated carbocycles. The number of nitrogens with two attached hydrogens (primary N) is 1. The lowest BCUT2D eigenvalue weighted by molar-refractivity contribution is -0.901. The highest BCUT2D eigenvalue weighted by Gasteiger charge is 2.26. The second-order valence-electron chi connectivity index (χ2n) is 6.02. The molecule has 1 aliphatic heterocycles. The highest BCUT2D eigenvalue weighted by atomic mass is 16.1. The van der Waals surface area contributed by atoms with E-state index < -0.39 is 0 Å². The summed E-state index contributed by atoms with van der Waals surface area (Å²) >= 11 is 0. The highest BCUT2D eigenvalue weighted by molar-refractivity contribution is 5.76. The summed E-state index contributed by atoms with van der Waals surface area (Å²) in [4.78, 5) is 12.7. The summed E-state index contributed by atoms with van der Waals surface area (Å²) < 4.78 is 0. The number of allylic oxidation sites excluding steroid dienone is 3. The molecule has 0 aliphatic carbocycles. The molecule has 1 amide bonds. The van der Waals surface area contributed by atoms with Crippen molar-refractivity contribution in [2.75, 3.05) is 19.6 Å². The molecule has 19 heavy (non-hydrogen) atoms. The van der Waals surface area contributed by atoms with E-state index in [2.05, 4.69) is 32.9 Å². The molecule has 1 unspecified atom stereocenters. The topological polar surface area (TPSA) is 47.5 Å². The van der Waals surface area contributed by atoms with Crippen LogP contribution in [0.25, 0.3) is 0 Å². The van der Waals surface area contributed by atoms with Gasteiger partial charge in [-0.15, -0.1) is 0 Å². The molecule has 3 nitrogen and oxygen atoms in total. The molecule has 3 heteroatoms. The number of piperidine rings is 1. The van der Waals surface area contributed by atoms with E-state index >= 15 is 0 Å². The van der Waals surface area contributed by atoms with E-state index in [9.17, 15) is 4.79 Å². The van der Waals surface area contributed by atoms with Crippen molar-refractivity contribution < 1.29 is 9.69 Å². The van der Waals surface area contributed by atoms with Gasteiger partial charge >= 0.3 is 0 Å². The maximum atomic E-state index is 11.2. The zero-order chi connectivity index (χ0) is 14.3. The Hall–Kier alpha value is -1.09. The van der Waals surface area contributed by atoms with Crippen LogP contribution >= 0.6 is 0 Å². The Labute approximate surface area is 117 Å². The summed E-state index contributed by atoms with van der Waals surface area (Å²) in [6.07, 6.45) is 8.98. The Morgan fingerprint density at radius 2 is 2.05 bits per heavy atom. The average molecular weight is 265 g/mol. The second-order valence-corrected chi connectivity index (χ2v) is 6.02. The largest absolute Gasteiger partial charge is 0.369 e. The first-order valence-corrected chi connectivity index (χ1v) is 7.41. The fourth-order valence-corrected chi connectivity index (χ4v) is 2.59. The second kappa shape index (κ2) is 8.16. The fraction of sp³-hybridized carbons (Fsp3) is 0.688.